The summed E-state index contributed by atoms with van der Waals surface area (Å²) < 4.78 is 2.17. The number of amides is 1. The molecule has 0 bridgehead atoms. The topological polar surface area (TPSA) is 78.3 Å². The molecule has 3 aromatic rings. The molecular formula is C23H17ClN3O3S2-. The average Bonchev–Trinajstić information content (AvgIpc) is 3.31. The zero-order valence-electron chi connectivity index (χ0n) is 16.7. The van der Waals surface area contributed by atoms with Gasteiger partial charge in [-0.25, -0.2) is 4.68 Å². The highest BCUT2D eigenvalue weighted by molar-refractivity contribution is 8.26. The Morgan fingerprint density at radius 3 is 2.56 bits per heavy atom. The molecule has 32 heavy (non-hydrogen) atoms. The molecule has 9 heteroatoms. The van der Waals surface area contributed by atoms with Crippen molar-refractivity contribution in [2.24, 2.45) is 0 Å². The number of carboxylic acids is 1. The summed E-state index contributed by atoms with van der Waals surface area (Å²) in [5, 5.41) is 16.0. The van der Waals surface area contributed by atoms with Crippen molar-refractivity contribution in [1.82, 2.24) is 14.7 Å². The smallest absolute Gasteiger partial charge is 0.266 e. The molecule has 0 N–H and O–H groups in total. The summed E-state index contributed by atoms with van der Waals surface area (Å²) in [6.45, 7) is 0.239. The van der Waals surface area contributed by atoms with Crippen molar-refractivity contribution < 1.29 is 14.7 Å². The van der Waals surface area contributed by atoms with Gasteiger partial charge in [-0.3, -0.25) is 9.69 Å². The molecule has 0 radical (unpaired) electrons. The van der Waals surface area contributed by atoms with Crippen LogP contribution in [0.5, 0.6) is 0 Å². The largest absolute Gasteiger partial charge is 0.550 e. The van der Waals surface area contributed by atoms with E-state index in [2.05, 4.69) is 0 Å². The molecule has 1 saturated heterocycles. The summed E-state index contributed by atoms with van der Waals surface area (Å²) >= 11 is 12.6. The molecule has 162 valence electrons. The first kappa shape index (κ1) is 22.3. The van der Waals surface area contributed by atoms with Gasteiger partial charge in [0.05, 0.1) is 16.3 Å². The molecule has 1 aliphatic rings. The SMILES string of the molecule is O=C([O-])CCCN1C(=O)/C(=C/c2cn(-c3ccccc3)nc2-c2ccc(Cl)cc2)SC1=S. The van der Waals surface area contributed by atoms with Crippen LogP contribution in [0.3, 0.4) is 0 Å². The van der Waals surface area contributed by atoms with E-state index in [-0.39, 0.29) is 25.3 Å². The van der Waals surface area contributed by atoms with Gasteiger partial charge < -0.3 is 9.90 Å². The van der Waals surface area contributed by atoms with Gasteiger partial charge in [0.25, 0.3) is 5.91 Å². The number of carbonyl (C=O) groups is 2. The Balaban J connectivity index is 1.69. The number of para-hydroxylation sites is 1. The van der Waals surface area contributed by atoms with Gasteiger partial charge in [0.2, 0.25) is 0 Å². The second kappa shape index (κ2) is 9.68. The second-order valence-corrected chi connectivity index (χ2v) is 9.14. The minimum Gasteiger partial charge on any atom is -0.550 e. The Labute approximate surface area is 199 Å². The average molecular weight is 483 g/mol. The zero-order valence-corrected chi connectivity index (χ0v) is 19.1. The maximum absolute atomic E-state index is 12.9. The van der Waals surface area contributed by atoms with E-state index in [0.717, 1.165) is 16.8 Å². The fourth-order valence-electron chi connectivity index (χ4n) is 3.25. The zero-order chi connectivity index (χ0) is 22.7. The predicted molar refractivity (Wildman–Crippen MR) is 128 cm³/mol. The Bertz CT molecular complexity index is 1210. The molecular weight excluding hydrogens is 466 g/mol. The van der Waals surface area contributed by atoms with Crippen LogP contribution in [0.15, 0.2) is 65.7 Å². The van der Waals surface area contributed by atoms with Gasteiger partial charge in [-0.2, -0.15) is 5.10 Å². The van der Waals surface area contributed by atoms with E-state index in [9.17, 15) is 14.7 Å². The summed E-state index contributed by atoms with van der Waals surface area (Å²) in [7, 11) is 0. The number of benzene rings is 2. The normalized spacial score (nSPS) is 15.0. The number of hydrogen-bond acceptors (Lipinski definition) is 6. The van der Waals surface area contributed by atoms with Crippen LogP contribution in [0, 0.1) is 0 Å². The van der Waals surface area contributed by atoms with Crippen molar-refractivity contribution in [2.45, 2.75) is 12.8 Å². The van der Waals surface area contributed by atoms with Gasteiger partial charge in [-0.15, -0.1) is 0 Å². The first-order valence-electron chi connectivity index (χ1n) is 9.78. The van der Waals surface area contributed by atoms with Crippen LogP contribution in [0.25, 0.3) is 23.0 Å². The van der Waals surface area contributed by atoms with E-state index in [4.69, 9.17) is 28.9 Å². The molecule has 1 aromatic heterocycles. The number of aromatic nitrogens is 2. The second-order valence-electron chi connectivity index (χ2n) is 7.03. The lowest BCUT2D eigenvalue weighted by atomic mass is 10.1. The fourth-order valence-corrected chi connectivity index (χ4v) is 4.68. The third-order valence-corrected chi connectivity index (χ3v) is 6.43. The van der Waals surface area contributed by atoms with Crippen molar-refractivity contribution in [3.8, 4) is 16.9 Å². The van der Waals surface area contributed by atoms with Crippen LogP contribution in [0.2, 0.25) is 5.02 Å². The van der Waals surface area contributed by atoms with Gasteiger partial charge in [-0.05, 0) is 43.2 Å². The third kappa shape index (κ3) is 4.93. The fraction of sp³-hybridized carbons (Fsp3) is 0.130. The maximum atomic E-state index is 12.9. The molecule has 0 atom stereocenters. The standard InChI is InChI=1S/C23H18ClN3O3S2/c24-17-10-8-15(9-11-17)21-16(14-27(25-21)18-5-2-1-3-6-18)13-19-22(30)26(23(31)32-19)12-4-7-20(28)29/h1-3,5-6,8-11,13-14H,4,7,12H2,(H,28,29)/p-1/b19-13-. The summed E-state index contributed by atoms with van der Waals surface area (Å²) in [4.78, 5) is 25.5. The Hall–Kier alpha value is -2.94. The quantitative estimate of drug-likeness (QED) is 0.375. The lowest BCUT2D eigenvalue weighted by Crippen LogP contribution is -2.30. The van der Waals surface area contributed by atoms with Crippen LogP contribution >= 0.6 is 35.6 Å². The number of rotatable bonds is 7. The first-order chi connectivity index (χ1) is 15.4. The molecule has 0 spiro atoms. The van der Waals surface area contributed by atoms with E-state index in [1.54, 1.807) is 22.9 Å². The summed E-state index contributed by atoms with van der Waals surface area (Å²) in [6.07, 6.45) is 3.79. The summed E-state index contributed by atoms with van der Waals surface area (Å²) in [5.41, 5.74) is 3.20. The van der Waals surface area contributed by atoms with E-state index < -0.39 is 5.97 Å². The van der Waals surface area contributed by atoms with Gasteiger partial charge in [0.1, 0.15) is 4.32 Å². The van der Waals surface area contributed by atoms with Crippen LogP contribution in [-0.2, 0) is 9.59 Å². The van der Waals surface area contributed by atoms with Crippen LogP contribution in [-0.4, -0.2) is 37.4 Å². The number of thiocarbonyl (C=S) groups is 1. The highest BCUT2D eigenvalue weighted by atomic mass is 35.5. The molecule has 4 rings (SSSR count). The Kier molecular flexibility index (Phi) is 6.74. The number of nitrogens with zero attached hydrogens (tertiary/aromatic N) is 3. The van der Waals surface area contributed by atoms with Crippen molar-refractivity contribution in [3.05, 3.63) is 76.3 Å². The van der Waals surface area contributed by atoms with Crippen molar-refractivity contribution in [1.29, 1.82) is 0 Å². The van der Waals surface area contributed by atoms with E-state index >= 15 is 0 Å². The Morgan fingerprint density at radius 2 is 1.88 bits per heavy atom. The molecule has 6 nitrogen and oxygen atoms in total. The minimum atomic E-state index is -1.15. The third-order valence-electron chi connectivity index (χ3n) is 4.80. The van der Waals surface area contributed by atoms with E-state index in [1.165, 1.54) is 16.7 Å². The van der Waals surface area contributed by atoms with E-state index in [0.29, 0.717) is 19.9 Å². The molecule has 2 heterocycles. The molecule has 0 saturated carbocycles. The number of carboxylic acid groups (broad SMARTS) is 1. The minimum absolute atomic E-state index is 0.124. The van der Waals surface area contributed by atoms with Crippen LogP contribution in [0.1, 0.15) is 18.4 Å². The Morgan fingerprint density at radius 1 is 1.16 bits per heavy atom. The summed E-state index contributed by atoms with van der Waals surface area (Å²) in [5.74, 6) is -1.39. The highest BCUT2D eigenvalue weighted by Gasteiger charge is 2.32. The van der Waals surface area contributed by atoms with E-state index in [1.807, 2.05) is 48.7 Å². The monoisotopic (exact) mass is 482 g/mol. The predicted octanol–water partition coefficient (Wildman–Crippen LogP) is 3.92. The highest BCUT2D eigenvalue weighted by Crippen LogP contribution is 2.35. The number of carbonyl (C=O) groups excluding carboxylic acids is 2. The molecule has 0 unspecified atom stereocenters. The number of halogens is 1. The molecule has 0 aliphatic carbocycles. The molecule has 2 aromatic carbocycles. The lowest BCUT2D eigenvalue weighted by molar-refractivity contribution is -0.305. The summed E-state index contributed by atoms with van der Waals surface area (Å²) in [6, 6.07) is 17.0. The number of hydrogen-bond donors (Lipinski definition) is 0. The van der Waals surface area contributed by atoms with Gasteiger partial charge in [0.15, 0.2) is 0 Å². The number of thioether (sulfide) groups is 1. The van der Waals surface area contributed by atoms with Crippen molar-refractivity contribution in [3.63, 3.8) is 0 Å². The van der Waals surface area contributed by atoms with Crippen molar-refractivity contribution >= 4 is 57.9 Å². The number of aliphatic carboxylic acids is 1. The molecule has 1 aliphatic heterocycles. The van der Waals surface area contributed by atoms with Gasteiger partial charge >= 0.3 is 0 Å². The lowest BCUT2D eigenvalue weighted by Gasteiger charge is -2.14. The first-order valence-corrected chi connectivity index (χ1v) is 11.4. The van der Waals surface area contributed by atoms with Crippen LogP contribution < -0.4 is 5.11 Å². The van der Waals surface area contributed by atoms with Crippen molar-refractivity contribution in [2.75, 3.05) is 6.54 Å². The molecule has 1 fully saturated rings. The maximum Gasteiger partial charge on any atom is 0.266 e. The van der Waals surface area contributed by atoms with Gasteiger partial charge in [0, 0.05) is 34.9 Å². The van der Waals surface area contributed by atoms with Crippen LogP contribution in [0.4, 0.5) is 0 Å². The van der Waals surface area contributed by atoms with Gasteiger partial charge in [-0.1, -0.05) is 65.9 Å². The molecule has 1 amide bonds.